The van der Waals surface area contributed by atoms with Crippen LogP contribution in [0.2, 0.25) is 0 Å². The zero-order chi connectivity index (χ0) is 18.4. The lowest BCUT2D eigenvalue weighted by atomic mass is 9.96. The topological polar surface area (TPSA) is 78.5 Å². The van der Waals surface area contributed by atoms with Gasteiger partial charge in [-0.1, -0.05) is 19.9 Å². The highest BCUT2D eigenvalue weighted by molar-refractivity contribution is 7.89. The van der Waals surface area contributed by atoms with E-state index in [1.807, 2.05) is 11.8 Å². The molecule has 0 aromatic heterocycles. The summed E-state index contributed by atoms with van der Waals surface area (Å²) in [5, 5.41) is 3.36. The third-order valence-electron chi connectivity index (χ3n) is 4.67. The molecule has 0 atom stereocenters. The van der Waals surface area contributed by atoms with Gasteiger partial charge in [-0.3, -0.25) is 4.79 Å². The zero-order valence-electron chi connectivity index (χ0n) is 15.7. The quantitative estimate of drug-likeness (QED) is 0.731. The van der Waals surface area contributed by atoms with Crippen LogP contribution in [0.15, 0.2) is 23.1 Å². The van der Waals surface area contributed by atoms with Gasteiger partial charge in [-0.05, 0) is 56.5 Å². The summed E-state index contributed by atoms with van der Waals surface area (Å²) in [4.78, 5) is 14.9. The fourth-order valence-electron chi connectivity index (χ4n) is 3.13. The molecule has 1 fully saturated rings. The number of rotatable bonds is 7. The average Bonchev–Trinajstić information content (AvgIpc) is 2.60. The molecule has 1 heterocycles. The molecule has 0 spiro atoms. The zero-order valence-corrected chi connectivity index (χ0v) is 17.4. The second kappa shape index (κ2) is 10.3. The number of amides is 1. The van der Waals surface area contributed by atoms with Crippen molar-refractivity contribution >= 4 is 28.3 Å². The van der Waals surface area contributed by atoms with Crippen molar-refractivity contribution in [1.82, 2.24) is 14.9 Å². The molecule has 2 N–H and O–H groups in total. The Morgan fingerprint density at radius 1 is 1.19 bits per heavy atom. The van der Waals surface area contributed by atoms with Crippen molar-refractivity contribution in [1.29, 1.82) is 0 Å². The smallest absolute Gasteiger partial charge is 0.254 e. The Balaban J connectivity index is 0.00000338. The Bertz CT molecular complexity index is 702. The van der Waals surface area contributed by atoms with Crippen LogP contribution in [0.1, 0.15) is 42.6 Å². The maximum absolute atomic E-state index is 12.9. The monoisotopic (exact) mass is 403 g/mol. The number of nitrogens with zero attached hydrogens (tertiary/aromatic N) is 1. The van der Waals surface area contributed by atoms with Gasteiger partial charge in [-0.25, -0.2) is 13.1 Å². The maximum Gasteiger partial charge on any atom is 0.254 e. The van der Waals surface area contributed by atoms with E-state index in [0.29, 0.717) is 18.0 Å². The Kier molecular flexibility index (Phi) is 9.03. The number of sulfonamides is 1. The molecule has 1 aromatic carbocycles. The molecular formula is C18H30ClN3O3S. The number of hydrogen-bond acceptors (Lipinski definition) is 4. The number of hydrogen-bond donors (Lipinski definition) is 2. The van der Waals surface area contributed by atoms with Crippen molar-refractivity contribution in [3.63, 3.8) is 0 Å². The number of carbonyl (C=O) groups excluding carboxylic acids is 1. The third kappa shape index (κ3) is 5.67. The van der Waals surface area contributed by atoms with Crippen molar-refractivity contribution in [2.24, 2.45) is 5.92 Å². The van der Waals surface area contributed by atoms with Crippen LogP contribution in [0.4, 0.5) is 0 Å². The first-order chi connectivity index (χ1) is 11.9. The number of piperidine rings is 1. The number of aryl methyl sites for hydroxylation is 1. The first-order valence-electron chi connectivity index (χ1n) is 8.99. The van der Waals surface area contributed by atoms with Gasteiger partial charge in [0.2, 0.25) is 10.0 Å². The molecule has 26 heavy (non-hydrogen) atoms. The first kappa shape index (κ1) is 22.9. The van der Waals surface area contributed by atoms with Crippen molar-refractivity contribution in [2.75, 3.05) is 32.7 Å². The number of benzene rings is 1. The molecule has 148 valence electrons. The summed E-state index contributed by atoms with van der Waals surface area (Å²) in [5.41, 5.74) is 1.28. The largest absolute Gasteiger partial charge is 0.339 e. The summed E-state index contributed by atoms with van der Waals surface area (Å²) >= 11 is 0. The molecule has 1 aromatic rings. The van der Waals surface area contributed by atoms with Gasteiger partial charge in [-0.15, -0.1) is 12.4 Å². The van der Waals surface area contributed by atoms with E-state index in [-0.39, 0.29) is 23.2 Å². The summed E-state index contributed by atoms with van der Waals surface area (Å²) in [6, 6.07) is 4.75. The van der Waals surface area contributed by atoms with Gasteiger partial charge in [0.1, 0.15) is 0 Å². The molecule has 6 nitrogen and oxygen atoms in total. The molecule has 1 amide bonds. The van der Waals surface area contributed by atoms with E-state index in [9.17, 15) is 13.2 Å². The molecule has 0 unspecified atom stereocenters. The van der Waals surface area contributed by atoms with Crippen LogP contribution in [-0.4, -0.2) is 51.9 Å². The molecule has 2 rings (SSSR count). The van der Waals surface area contributed by atoms with Gasteiger partial charge in [0.15, 0.2) is 0 Å². The molecule has 0 aliphatic carbocycles. The Labute approximate surface area is 163 Å². The van der Waals surface area contributed by atoms with Crippen molar-refractivity contribution in [3.8, 4) is 0 Å². The molecule has 0 saturated carbocycles. The second-order valence-corrected chi connectivity index (χ2v) is 8.29. The standard InChI is InChI=1S/C18H29N3O3S.ClH/c1-4-19-13-15-8-10-21(11-9-15)18(22)17-12-16(7-6-14(17)3)25(23,24)20-5-2;/h6-7,12,15,19-20H,4-5,8-11,13H2,1-3H3;1H. The van der Waals surface area contributed by atoms with E-state index >= 15 is 0 Å². The van der Waals surface area contributed by atoms with Crippen molar-refractivity contribution in [3.05, 3.63) is 29.3 Å². The molecule has 8 heteroatoms. The van der Waals surface area contributed by atoms with Crippen molar-refractivity contribution < 1.29 is 13.2 Å². The summed E-state index contributed by atoms with van der Waals surface area (Å²) < 4.78 is 26.9. The fourth-order valence-corrected chi connectivity index (χ4v) is 4.20. The van der Waals surface area contributed by atoms with Crippen LogP contribution >= 0.6 is 12.4 Å². The van der Waals surface area contributed by atoms with E-state index in [0.717, 1.165) is 44.6 Å². The maximum atomic E-state index is 12.9. The number of nitrogens with one attached hydrogen (secondary N) is 2. The van der Waals surface area contributed by atoms with Crippen LogP contribution in [0.3, 0.4) is 0 Å². The lowest BCUT2D eigenvalue weighted by Crippen LogP contribution is -2.41. The third-order valence-corrected chi connectivity index (χ3v) is 6.21. The Morgan fingerprint density at radius 2 is 1.85 bits per heavy atom. The van der Waals surface area contributed by atoms with E-state index in [2.05, 4.69) is 17.0 Å². The minimum absolute atomic E-state index is 0. The van der Waals surface area contributed by atoms with E-state index in [4.69, 9.17) is 0 Å². The van der Waals surface area contributed by atoms with Gasteiger partial charge in [0.05, 0.1) is 4.90 Å². The molecule has 1 aliphatic heterocycles. The lowest BCUT2D eigenvalue weighted by molar-refractivity contribution is 0.0689. The van der Waals surface area contributed by atoms with E-state index in [1.165, 1.54) is 6.07 Å². The van der Waals surface area contributed by atoms with Gasteiger partial charge in [-0.2, -0.15) is 0 Å². The van der Waals surface area contributed by atoms with Crippen LogP contribution in [0.5, 0.6) is 0 Å². The molecular weight excluding hydrogens is 374 g/mol. The van der Waals surface area contributed by atoms with E-state index < -0.39 is 10.0 Å². The molecule has 0 radical (unpaired) electrons. The highest BCUT2D eigenvalue weighted by atomic mass is 35.5. The van der Waals surface area contributed by atoms with E-state index in [1.54, 1.807) is 19.1 Å². The second-order valence-electron chi connectivity index (χ2n) is 6.52. The molecule has 1 aliphatic rings. The average molecular weight is 404 g/mol. The van der Waals surface area contributed by atoms with Gasteiger partial charge >= 0.3 is 0 Å². The minimum atomic E-state index is -3.56. The summed E-state index contributed by atoms with van der Waals surface area (Å²) in [5.74, 6) is 0.526. The van der Waals surface area contributed by atoms with Gasteiger partial charge < -0.3 is 10.2 Å². The van der Waals surface area contributed by atoms with Crippen LogP contribution in [0, 0.1) is 12.8 Å². The highest BCUT2D eigenvalue weighted by Gasteiger charge is 2.25. The normalized spacial score (nSPS) is 15.6. The van der Waals surface area contributed by atoms with Crippen LogP contribution in [-0.2, 0) is 10.0 Å². The summed E-state index contributed by atoms with van der Waals surface area (Å²) in [6.45, 7) is 9.38. The summed E-state index contributed by atoms with van der Waals surface area (Å²) in [7, 11) is -3.56. The van der Waals surface area contributed by atoms with Crippen LogP contribution < -0.4 is 10.0 Å². The minimum Gasteiger partial charge on any atom is -0.339 e. The van der Waals surface area contributed by atoms with Crippen LogP contribution in [0.25, 0.3) is 0 Å². The predicted octanol–water partition coefficient (Wildman–Crippen LogP) is 2.18. The lowest BCUT2D eigenvalue weighted by Gasteiger charge is -2.32. The number of carbonyl (C=O) groups is 1. The number of halogens is 1. The van der Waals surface area contributed by atoms with Crippen molar-refractivity contribution in [2.45, 2.75) is 38.5 Å². The summed E-state index contributed by atoms with van der Waals surface area (Å²) in [6.07, 6.45) is 1.96. The Morgan fingerprint density at radius 3 is 2.42 bits per heavy atom. The SMILES string of the molecule is CCNCC1CCN(C(=O)c2cc(S(=O)(=O)NCC)ccc2C)CC1.Cl. The Hall–Kier alpha value is -1.15. The number of likely N-dealkylation sites (tertiary alicyclic amines) is 1. The first-order valence-corrected chi connectivity index (χ1v) is 10.5. The van der Waals surface area contributed by atoms with Gasteiger partial charge in [0, 0.05) is 25.2 Å². The molecule has 1 saturated heterocycles. The molecule has 0 bridgehead atoms. The fraction of sp³-hybridized carbons (Fsp3) is 0.611. The predicted molar refractivity (Wildman–Crippen MR) is 106 cm³/mol. The van der Waals surface area contributed by atoms with Gasteiger partial charge in [0.25, 0.3) is 5.91 Å². The highest BCUT2D eigenvalue weighted by Crippen LogP contribution is 2.22.